The van der Waals surface area contributed by atoms with Crippen LogP contribution in [-0.4, -0.2) is 14.4 Å². The van der Waals surface area contributed by atoms with Crippen molar-refractivity contribution < 1.29 is 0 Å². The Balaban J connectivity index is 2.24. The molecule has 0 spiro atoms. The van der Waals surface area contributed by atoms with Crippen molar-refractivity contribution >= 4 is 33.2 Å². The van der Waals surface area contributed by atoms with Crippen molar-refractivity contribution in [2.45, 2.75) is 26.7 Å². The average molecular weight is 365 g/mol. The molecular formula is C16H15BrClN3. The van der Waals surface area contributed by atoms with E-state index < -0.39 is 0 Å². The van der Waals surface area contributed by atoms with Crippen molar-refractivity contribution in [2.24, 2.45) is 0 Å². The molecule has 3 nitrogen and oxygen atoms in total. The average Bonchev–Trinajstić information content (AvgIpc) is 2.80. The molecule has 0 N–H and O–H groups in total. The number of rotatable bonds is 3. The van der Waals surface area contributed by atoms with Crippen LogP contribution >= 0.6 is 27.5 Å². The molecule has 0 aliphatic heterocycles. The van der Waals surface area contributed by atoms with Crippen LogP contribution in [0.1, 0.15) is 24.6 Å². The highest BCUT2D eigenvalue weighted by Crippen LogP contribution is 2.29. The smallest absolute Gasteiger partial charge is 0.137 e. The van der Waals surface area contributed by atoms with Gasteiger partial charge in [-0.05, 0) is 53.0 Å². The molecule has 0 radical (unpaired) electrons. The summed E-state index contributed by atoms with van der Waals surface area (Å²) in [7, 11) is 0. The fourth-order valence-corrected chi connectivity index (χ4v) is 2.84. The van der Waals surface area contributed by atoms with E-state index in [4.69, 9.17) is 16.6 Å². The zero-order valence-corrected chi connectivity index (χ0v) is 14.2. The van der Waals surface area contributed by atoms with E-state index in [2.05, 4.69) is 57.5 Å². The number of aromatic nitrogens is 3. The van der Waals surface area contributed by atoms with E-state index in [-0.39, 0.29) is 0 Å². The number of imidazole rings is 1. The van der Waals surface area contributed by atoms with E-state index in [0.29, 0.717) is 9.63 Å². The Morgan fingerprint density at radius 2 is 2.14 bits per heavy atom. The second kappa shape index (κ2) is 5.78. The van der Waals surface area contributed by atoms with E-state index in [1.165, 1.54) is 11.3 Å². The number of fused-ring (bicyclic) bond motifs is 1. The lowest BCUT2D eigenvalue weighted by Gasteiger charge is -2.05. The van der Waals surface area contributed by atoms with Gasteiger partial charge in [0.05, 0.1) is 16.4 Å². The molecule has 0 saturated carbocycles. The Hall–Kier alpha value is -1.39. The van der Waals surface area contributed by atoms with Gasteiger partial charge in [0.15, 0.2) is 0 Å². The molecule has 3 heterocycles. The molecule has 0 unspecified atom stereocenters. The zero-order chi connectivity index (χ0) is 15.0. The summed E-state index contributed by atoms with van der Waals surface area (Å²) in [5.74, 6) is 0. The van der Waals surface area contributed by atoms with Gasteiger partial charge >= 0.3 is 0 Å². The summed E-state index contributed by atoms with van der Waals surface area (Å²) in [5, 5.41) is 0.600. The highest BCUT2D eigenvalue weighted by molar-refractivity contribution is 9.10. The van der Waals surface area contributed by atoms with Gasteiger partial charge < -0.3 is 4.40 Å². The van der Waals surface area contributed by atoms with Crippen LogP contribution in [0, 0.1) is 6.92 Å². The molecule has 3 aromatic heterocycles. The van der Waals surface area contributed by atoms with Gasteiger partial charge in [-0.15, -0.1) is 0 Å². The van der Waals surface area contributed by atoms with Crippen molar-refractivity contribution in [2.75, 3.05) is 0 Å². The summed E-state index contributed by atoms with van der Waals surface area (Å²) in [6.07, 6.45) is 5.92. The van der Waals surface area contributed by atoms with Crippen LogP contribution in [0.15, 0.2) is 35.2 Å². The minimum absolute atomic E-state index is 0.600. The topological polar surface area (TPSA) is 30.2 Å². The highest BCUT2D eigenvalue weighted by Gasteiger charge is 2.14. The third kappa shape index (κ3) is 2.70. The Morgan fingerprint density at radius 1 is 1.33 bits per heavy atom. The van der Waals surface area contributed by atoms with Gasteiger partial charge in [0.2, 0.25) is 0 Å². The summed E-state index contributed by atoms with van der Waals surface area (Å²) >= 11 is 9.50. The van der Waals surface area contributed by atoms with E-state index in [1.54, 1.807) is 0 Å². The van der Waals surface area contributed by atoms with Gasteiger partial charge in [0.25, 0.3) is 0 Å². The lowest BCUT2D eigenvalue weighted by Crippen LogP contribution is -1.94. The number of hydrogen-bond acceptors (Lipinski definition) is 2. The lowest BCUT2D eigenvalue weighted by molar-refractivity contribution is 0.869. The summed E-state index contributed by atoms with van der Waals surface area (Å²) in [6, 6.07) is 6.10. The molecule has 0 fully saturated rings. The molecule has 0 amide bonds. The fraction of sp³-hybridized carbons (Fsp3) is 0.250. The Kier molecular flexibility index (Phi) is 4.00. The normalized spacial score (nSPS) is 11.2. The quantitative estimate of drug-likeness (QED) is 0.607. The first-order chi connectivity index (χ1) is 10.1. The van der Waals surface area contributed by atoms with Gasteiger partial charge in [-0.2, -0.15) is 0 Å². The number of aryl methyl sites for hydroxylation is 2. The van der Waals surface area contributed by atoms with Crippen LogP contribution in [0.4, 0.5) is 0 Å². The Morgan fingerprint density at radius 3 is 2.86 bits per heavy atom. The molecule has 5 heteroatoms. The van der Waals surface area contributed by atoms with Gasteiger partial charge in [-0.25, -0.2) is 9.97 Å². The second-order valence-corrected chi connectivity index (χ2v) is 6.24. The van der Waals surface area contributed by atoms with Gasteiger partial charge in [-0.1, -0.05) is 24.9 Å². The first-order valence-corrected chi connectivity index (χ1v) is 8.06. The number of nitrogens with zero attached hydrogens (tertiary/aromatic N) is 3. The van der Waals surface area contributed by atoms with Crippen molar-refractivity contribution in [3.8, 4) is 11.3 Å². The lowest BCUT2D eigenvalue weighted by atomic mass is 10.1. The third-order valence-corrected chi connectivity index (χ3v) is 4.59. The first kappa shape index (κ1) is 14.5. The standard InChI is InChI=1S/C16H15BrClN3/c1-3-4-13-15(11-8-12(18)16(17)19-9-11)20-14-7-10(2)5-6-21(13)14/h5-9H,3-4H2,1-2H3. The zero-order valence-electron chi connectivity index (χ0n) is 11.9. The minimum atomic E-state index is 0.600. The summed E-state index contributed by atoms with van der Waals surface area (Å²) < 4.78 is 2.81. The monoisotopic (exact) mass is 363 g/mol. The minimum Gasteiger partial charge on any atom is -0.303 e. The summed E-state index contributed by atoms with van der Waals surface area (Å²) in [5.41, 5.74) is 5.28. The van der Waals surface area contributed by atoms with E-state index in [9.17, 15) is 0 Å². The molecular weight excluding hydrogens is 350 g/mol. The molecule has 0 saturated heterocycles. The van der Waals surface area contributed by atoms with Gasteiger partial charge in [0.1, 0.15) is 10.3 Å². The highest BCUT2D eigenvalue weighted by atomic mass is 79.9. The predicted octanol–water partition coefficient (Wildman–Crippen LogP) is 5.07. The maximum absolute atomic E-state index is 6.17. The Bertz CT molecular complexity index is 811. The van der Waals surface area contributed by atoms with Crippen LogP contribution in [0.25, 0.3) is 16.9 Å². The van der Waals surface area contributed by atoms with E-state index in [0.717, 1.165) is 29.7 Å². The van der Waals surface area contributed by atoms with E-state index in [1.807, 2.05) is 12.3 Å². The number of pyridine rings is 2. The first-order valence-electron chi connectivity index (χ1n) is 6.89. The maximum Gasteiger partial charge on any atom is 0.137 e. The maximum atomic E-state index is 6.17. The van der Waals surface area contributed by atoms with Gasteiger partial charge in [-0.3, -0.25) is 0 Å². The van der Waals surface area contributed by atoms with Crippen LogP contribution in [0.5, 0.6) is 0 Å². The van der Waals surface area contributed by atoms with Crippen LogP contribution in [0.3, 0.4) is 0 Å². The largest absolute Gasteiger partial charge is 0.303 e. The number of halogens is 2. The van der Waals surface area contributed by atoms with Crippen molar-refractivity contribution in [1.82, 2.24) is 14.4 Å². The summed E-state index contributed by atoms with van der Waals surface area (Å²) in [4.78, 5) is 9.06. The van der Waals surface area contributed by atoms with E-state index >= 15 is 0 Å². The molecule has 108 valence electrons. The second-order valence-electron chi connectivity index (χ2n) is 5.09. The van der Waals surface area contributed by atoms with Crippen molar-refractivity contribution in [3.63, 3.8) is 0 Å². The fourth-order valence-electron chi connectivity index (χ4n) is 2.45. The number of hydrogen-bond donors (Lipinski definition) is 0. The molecule has 21 heavy (non-hydrogen) atoms. The molecule has 0 atom stereocenters. The molecule has 0 aromatic carbocycles. The molecule has 3 rings (SSSR count). The summed E-state index contributed by atoms with van der Waals surface area (Å²) in [6.45, 7) is 4.25. The van der Waals surface area contributed by atoms with Crippen LogP contribution in [-0.2, 0) is 6.42 Å². The molecule has 3 aromatic rings. The van der Waals surface area contributed by atoms with Crippen LogP contribution in [0.2, 0.25) is 5.02 Å². The SMILES string of the molecule is CCCc1c(-c2cnc(Br)c(Cl)c2)nc2cc(C)ccn12. The molecule has 0 bridgehead atoms. The van der Waals surface area contributed by atoms with Gasteiger partial charge in [0, 0.05) is 18.0 Å². The van der Waals surface area contributed by atoms with Crippen LogP contribution < -0.4 is 0 Å². The van der Waals surface area contributed by atoms with Crippen molar-refractivity contribution in [3.05, 3.63) is 51.5 Å². The molecule has 0 aliphatic rings. The third-order valence-electron chi connectivity index (χ3n) is 3.44. The Labute approximate surface area is 137 Å². The van der Waals surface area contributed by atoms with Crippen molar-refractivity contribution in [1.29, 1.82) is 0 Å². The predicted molar refractivity (Wildman–Crippen MR) is 89.9 cm³/mol. The molecule has 0 aliphatic carbocycles.